The molecule has 8 heteroatoms. The molecular formula is C18H12F7N. The van der Waals surface area contributed by atoms with Gasteiger partial charge < -0.3 is 0 Å². The number of nitriles is 1. The van der Waals surface area contributed by atoms with Crippen molar-refractivity contribution in [3.63, 3.8) is 0 Å². The maximum atomic E-state index is 13.9. The van der Waals surface area contributed by atoms with Gasteiger partial charge in [0.15, 0.2) is 0 Å². The van der Waals surface area contributed by atoms with Gasteiger partial charge in [0, 0.05) is 0 Å². The van der Waals surface area contributed by atoms with E-state index in [9.17, 15) is 30.7 Å². The lowest BCUT2D eigenvalue weighted by Crippen LogP contribution is -2.10. The average molecular weight is 375 g/mol. The Morgan fingerprint density at radius 2 is 1.50 bits per heavy atom. The minimum atomic E-state index is -5.01. The molecule has 0 saturated heterocycles. The van der Waals surface area contributed by atoms with E-state index in [2.05, 4.69) is 0 Å². The highest BCUT2D eigenvalue weighted by Gasteiger charge is 2.36. The van der Waals surface area contributed by atoms with Crippen molar-refractivity contribution in [1.82, 2.24) is 0 Å². The first-order chi connectivity index (χ1) is 11.8. The van der Waals surface area contributed by atoms with Crippen LogP contribution in [0.2, 0.25) is 0 Å². The van der Waals surface area contributed by atoms with Gasteiger partial charge in [0.1, 0.15) is 5.82 Å². The molecule has 0 bridgehead atoms. The summed E-state index contributed by atoms with van der Waals surface area (Å²) >= 11 is 0. The van der Waals surface area contributed by atoms with Crippen molar-refractivity contribution in [2.75, 3.05) is 0 Å². The van der Waals surface area contributed by atoms with Crippen LogP contribution in [-0.4, -0.2) is 0 Å². The summed E-state index contributed by atoms with van der Waals surface area (Å²) in [5.41, 5.74) is -3.42. The van der Waals surface area contributed by atoms with Gasteiger partial charge in [-0.3, -0.25) is 0 Å². The summed E-state index contributed by atoms with van der Waals surface area (Å²) in [7, 11) is 0. The number of hydrogen-bond acceptors (Lipinski definition) is 1. The largest absolute Gasteiger partial charge is 0.419 e. The molecule has 0 N–H and O–H groups in total. The second-order valence-electron chi connectivity index (χ2n) is 5.98. The van der Waals surface area contributed by atoms with Gasteiger partial charge in [-0.1, -0.05) is 13.8 Å². The monoisotopic (exact) mass is 375 g/mol. The van der Waals surface area contributed by atoms with Crippen LogP contribution in [0.15, 0.2) is 30.3 Å². The standard InChI is InChI=1S/C18H12F7N/c1-9(2)13-7-16(19)15(18(23,24)25)6-14(13)11-3-10(8-26)4-12(5-11)17(20,21)22/h3-7,9H,1-2H3. The smallest absolute Gasteiger partial charge is 0.206 e. The Labute approximate surface area is 144 Å². The second kappa shape index (κ2) is 6.63. The molecule has 0 spiro atoms. The Bertz CT molecular complexity index is 871. The quantitative estimate of drug-likeness (QED) is 0.548. The summed E-state index contributed by atoms with van der Waals surface area (Å²) in [6.07, 6.45) is -9.79. The molecule has 0 saturated carbocycles. The highest BCUT2D eigenvalue weighted by Crippen LogP contribution is 2.40. The van der Waals surface area contributed by atoms with Crippen LogP contribution in [0.4, 0.5) is 30.7 Å². The van der Waals surface area contributed by atoms with E-state index in [1.165, 1.54) is 0 Å². The van der Waals surface area contributed by atoms with Gasteiger partial charge in [0.25, 0.3) is 0 Å². The first-order valence-corrected chi connectivity index (χ1v) is 7.38. The molecule has 0 aromatic heterocycles. The molecule has 1 nitrogen and oxygen atoms in total. The van der Waals surface area contributed by atoms with E-state index in [4.69, 9.17) is 5.26 Å². The van der Waals surface area contributed by atoms with Crippen molar-refractivity contribution in [3.8, 4) is 17.2 Å². The summed E-state index contributed by atoms with van der Waals surface area (Å²) in [6.45, 7) is 3.15. The Morgan fingerprint density at radius 3 is 1.96 bits per heavy atom. The van der Waals surface area contributed by atoms with Crippen LogP contribution in [0.5, 0.6) is 0 Å². The first kappa shape index (κ1) is 19.8. The van der Waals surface area contributed by atoms with Gasteiger partial charge in [0.05, 0.1) is 22.8 Å². The highest BCUT2D eigenvalue weighted by atomic mass is 19.4. The van der Waals surface area contributed by atoms with E-state index in [0.29, 0.717) is 24.3 Å². The van der Waals surface area contributed by atoms with E-state index < -0.39 is 35.2 Å². The zero-order valence-electron chi connectivity index (χ0n) is 13.6. The summed E-state index contributed by atoms with van der Waals surface area (Å²) in [6, 6.07) is 5.03. The Kier molecular flexibility index (Phi) is 5.04. The third kappa shape index (κ3) is 3.98. The van der Waals surface area contributed by atoms with Crippen LogP contribution in [-0.2, 0) is 12.4 Å². The number of rotatable bonds is 2. The number of nitrogens with zero attached hydrogens (tertiary/aromatic N) is 1. The molecule has 0 atom stereocenters. The van der Waals surface area contributed by atoms with Crippen LogP contribution in [0.3, 0.4) is 0 Å². The molecule has 0 radical (unpaired) electrons. The lowest BCUT2D eigenvalue weighted by atomic mass is 9.89. The predicted octanol–water partition coefficient (Wildman–Crippen LogP) is 6.53. The van der Waals surface area contributed by atoms with Crippen LogP contribution >= 0.6 is 0 Å². The molecule has 0 aliphatic rings. The van der Waals surface area contributed by atoms with Gasteiger partial charge >= 0.3 is 12.4 Å². The first-order valence-electron chi connectivity index (χ1n) is 7.38. The van der Waals surface area contributed by atoms with Crippen molar-refractivity contribution >= 4 is 0 Å². The number of alkyl halides is 6. The fraction of sp³-hybridized carbons (Fsp3) is 0.278. The number of benzene rings is 2. The third-order valence-electron chi connectivity index (χ3n) is 3.77. The van der Waals surface area contributed by atoms with Crippen LogP contribution in [0.1, 0.15) is 42.0 Å². The number of halogens is 7. The molecule has 0 aliphatic carbocycles. The SMILES string of the molecule is CC(C)c1cc(F)c(C(F)(F)F)cc1-c1cc(C#N)cc(C(F)(F)F)c1. The fourth-order valence-corrected chi connectivity index (χ4v) is 2.54. The molecule has 0 aliphatic heterocycles. The topological polar surface area (TPSA) is 23.8 Å². The molecule has 138 valence electrons. The Morgan fingerprint density at radius 1 is 0.885 bits per heavy atom. The lowest BCUT2D eigenvalue weighted by Gasteiger charge is -2.18. The number of hydrogen-bond donors (Lipinski definition) is 0. The third-order valence-corrected chi connectivity index (χ3v) is 3.77. The summed E-state index contributed by atoms with van der Waals surface area (Å²) in [5.74, 6) is -1.96. The summed E-state index contributed by atoms with van der Waals surface area (Å²) in [5, 5.41) is 8.95. The lowest BCUT2D eigenvalue weighted by molar-refractivity contribution is -0.140. The van der Waals surface area contributed by atoms with Crippen molar-refractivity contribution in [1.29, 1.82) is 5.26 Å². The highest BCUT2D eigenvalue weighted by molar-refractivity contribution is 5.71. The summed E-state index contributed by atoms with van der Waals surface area (Å²) < 4.78 is 92.0. The van der Waals surface area contributed by atoms with Gasteiger partial charge in [-0.2, -0.15) is 31.6 Å². The zero-order chi connectivity index (χ0) is 19.9. The molecule has 26 heavy (non-hydrogen) atoms. The average Bonchev–Trinajstić information content (AvgIpc) is 2.51. The van der Waals surface area contributed by atoms with Crippen LogP contribution in [0, 0.1) is 17.1 Å². The van der Waals surface area contributed by atoms with Gasteiger partial charge in [-0.15, -0.1) is 0 Å². The Balaban J connectivity index is 2.84. The van der Waals surface area contributed by atoms with E-state index in [0.717, 1.165) is 6.07 Å². The van der Waals surface area contributed by atoms with Crippen molar-refractivity contribution in [2.24, 2.45) is 0 Å². The predicted molar refractivity (Wildman–Crippen MR) is 80.6 cm³/mol. The molecule has 0 fully saturated rings. The molecule has 2 aromatic carbocycles. The van der Waals surface area contributed by atoms with E-state index >= 15 is 0 Å². The van der Waals surface area contributed by atoms with Gasteiger partial charge in [-0.05, 0) is 52.9 Å². The van der Waals surface area contributed by atoms with Crippen molar-refractivity contribution < 1.29 is 30.7 Å². The van der Waals surface area contributed by atoms with Gasteiger partial charge in [0.2, 0.25) is 0 Å². The Hall–Kier alpha value is -2.56. The van der Waals surface area contributed by atoms with Crippen molar-refractivity contribution in [3.05, 3.63) is 58.4 Å². The molecular weight excluding hydrogens is 363 g/mol. The fourth-order valence-electron chi connectivity index (χ4n) is 2.54. The minimum Gasteiger partial charge on any atom is -0.206 e. The van der Waals surface area contributed by atoms with E-state index in [1.54, 1.807) is 19.9 Å². The van der Waals surface area contributed by atoms with E-state index in [-0.39, 0.29) is 22.3 Å². The maximum Gasteiger partial charge on any atom is 0.419 e. The molecule has 0 heterocycles. The van der Waals surface area contributed by atoms with Gasteiger partial charge in [-0.25, -0.2) is 4.39 Å². The molecule has 0 amide bonds. The van der Waals surface area contributed by atoms with Crippen LogP contribution in [0.25, 0.3) is 11.1 Å². The zero-order valence-corrected chi connectivity index (χ0v) is 13.6. The second-order valence-corrected chi connectivity index (χ2v) is 5.98. The minimum absolute atomic E-state index is 0.110. The van der Waals surface area contributed by atoms with Crippen molar-refractivity contribution in [2.45, 2.75) is 32.1 Å². The normalized spacial score (nSPS) is 12.3. The molecule has 2 rings (SSSR count). The summed E-state index contributed by atoms with van der Waals surface area (Å²) in [4.78, 5) is 0. The van der Waals surface area contributed by atoms with Crippen LogP contribution < -0.4 is 0 Å². The molecule has 0 unspecified atom stereocenters. The molecule has 2 aromatic rings. The maximum absolute atomic E-state index is 13.9. The van der Waals surface area contributed by atoms with E-state index in [1.807, 2.05) is 0 Å².